The van der Waals surface area contributed by atoms with Crippen LogP contribution in [-0.2, 0) is 16.0 Å². The molecule has 0 saturated carbocycles. The maximum Gasteiger partial charge on any atom is 0.253 e. The number of rotatable bonds is 6. The molecule has 0 radical (unpaired) electrons. The van der Waals surface area contributed by atoms with Gasteiger partial charge in [0, 0.05) is 16.7 Å². The first-order valence-electron chi connectivity index (χ1n) is 11.6. The lowest BCUT2D eigenvalue weighted by atomic mass is 9.95. The van der Waals surface area contributed by atoms with Crippen molar-refractivity contribution in [1.82, 2.24) is 4.90 Å². The zero-order chi connectivity index (χ0) is 24.5. The second-order valence-corrected chi connectivity index (χ2v) is 9.76. The fourth-order valence-corrected chi connectivity index (χ4v) is 4.86. The molecule has 2 aliphatic rings. The average molecular weight is 537 g/mol. The van der Waals surface area contributed by atoms with Gasteiger partial charge in [-0.25, -0.2) is 4.39 Å². The Labute approximate surface area is 212 Å². The summed E-state index contributed by atoms with van der Waals surface area (Å²) in [5.74, 6) is -0.546. The van der Waals surface area contributed by atoms with E-state index in [9.17, 15) is 9.18 Å². The van der Waals surface area contributed by atoms with Gasteiger partial charge in [0.2, 0.25) is 0 Å². The second-order valence-electron chi connectivity index (χ2n) is 8.85. The Hall–Kier alpha value is -3.23. The summed E-state index contributed by atoms with van der Waals surface area (Å²) in [5, 5.41) is 6.83. The van der Waals surface area contributed by atoms with Crippen molar-refractivity contribution in [2.24, 2.45) is 11.0 Å². The van der Waals surface area contributed by atoms with Crippen LogP contribution >= 0.6 is 15.9 Å². The van der Waals surface area contributed by atoms with Gasteiger partial charge in [0.1, 0.15) is 18.1 Å². The number of nitrogens with two attached hydrogens (primary N) is 1. The molecular weight excluding hydrogens is 511 g/mol. The number of carbonyl (C=O) groups excluding carboxylic acids is 1. The van der Waals surface area contributed by atoms with Gasteiger partial charge in [-0.15, -0.1) is 0 Å². The summed E-state index contributed by atoms with van der Waals surface area (Å²) >= 11 is 3.48. The lowest BCUT2D eigenvalue weighted by Crippen LogP contribution is -2.44. The predicted octanol–water partition coefficient (Wildman–Crippen LogP) is 4.83. The molecule has 2 heterocycles. The van der Waals surface area contributed by atoms with Crippen LogP contribution in [0.5, 0.6) is 0 Å². The van der Waals surface area contributed by atoms with Gasteiger partial charge in [-0.3, -0.25) is 9.80 Å². The third kappa shape index (κ3) is 4.94. The Bertz CT molecular complexity index is 1230. The summed E-state index contributed by atoms with van der Waals surface area (Å²) in [4.78, 5) is 14.9. The van der Waals surface area contributed by atoms with Gasteiger partial charge in [0.15, 0.2) is 0 Å². The van der Waals surface area contributed by atoms with Crippen molar-refractivity contribution >= 4 is 38.9 Å². The topological polar surface area (TPSA) is 71.2 Å². The van der Waals surface area contributed by atoms with Crippen LogP contribution in [0.4, 0.5) is 15.8 Å². The van der Waals surface area contributed by atoms with Gasteiger partial charge in [0.05, 0.1) is 23.9 Å². The number of hydrogen-bond acceptors (Lipinski definition) is 5. The predicted molar refractivity (Wildman–Crippen MR) is 139 cm³/mol. The highest BCUT2D eigenvalue weighted by atomic mass is 79.9. The van der Waals surface area contributed by atoms with Gasteiger partial charge >= 0.3 is 0 Å². The van der Waals surface area contributed by atoms with Crippen molar-refractivity contribution < 1.29 is 13.9 Å². The Morgan fingerprint density at radius 2 is 1.74 bits per heavy atom. The van der Waals surface area contributed by atoms with Gasteiger partial charge in [-0.2, -0.15) is 5.10 Å². The molecule has 180 valence electrons. The van der Waals surface area contributed by atoms with E-state index >= 15 is 0 Å². The Balaban J connectivity index is 1.44. The molecule has 1 saturated heterocycles. The molecule has 35 heavy (non-hydrogen) atoms. The number of nitrogen functional groups attached to an aromatic ring is 1. The Morgan fingerprint density at radius 3 is 2.43 bits per heavy atom. The molecule has 0 aliphatic carbocycles. The molecule has 2 aliphatic heterocycles. The maximum absolute atomic E-state index is 13.7. The summed E-state index contributed by atoms with van der Waals surface area (Å²) in [7, 11) is 0. The van der Waals surface area contributed by atoms with Crippen molar-refractivity contribution in [3.63, 3.8) is 0 Å². The van der Waals surface area contributed by atoms with Gasteiger partial charge in [-0.1, -0.05) is 40.2 Å². The molecule has 2 N–H and O–H groups in total. The first-order chi connectivity index (χ1) is 16.9. The van der Waals surface area contributed by atoms with E-state index in [0.717, 1.165) is 27.0 Å². The Morgan fingerprint density at radius 1 is 1.06 bits per heavy atom. The van der Waals surface area contributed by atoms with Crippen LogP contribution in [0.15, 0.2) is 82.4 Å². The standard InChI is InChI=1S/C27H26BrFN4O2/c1-17-26(34)32(15-14-18-2-10-22(30)11-3-18)27(35-17)24-16-33(23-12-6-20(28)7-13-23)31-25(24)19-4-8-21(29)9-5-19/h2-13,17,24,27H,14-16,30H2,1H3/t17-,24?,27-/m1/s1. The van der Waals surface area contributed by atoms with Gasteiger partial charge in [0.25, 0.3) is 5.91 Å². The first kappa shape index (κ1) is 23.5. The number of halogens is 2. The van der Waals surface area contributed by atoms with Crippen LogP contribution in [0, 0.1) is 11.7 Å². The van der Waals surface area contributed by atoms with E-state index in [1.807, 2.05) is 58.4 Å². The molecule has 0 bridgehead atoms. The molecule has 5 rings (SSSR count). The van der Waals surface area contributed by atoms with Gasteiger partial charge < -0.3 is 15.4 Å². The molecule has 1 amide bonds. The van der Waals surface area contributed by atoms with Crippen LogP contribution in [0.2, 0.25) is 0 Å². The summed E-state index contributed by atoms with van der Waals surface area (Å²) < 4.78 is 20.9. The van der Waals surface area contributed by atoms with Crippen LogP contribution in [-0.4, -0.2) is 41.9 Å². The van der Waals surface area contributed by atoms with Crippen molar-refractivity contribution in [1.29, 1.82) is 0 Å². The minimum Gasteiger partial charge on any atom is -0.399 e. The van der Waals surface area contributed by atoms with Crippen LogP contribution in [0.3, 0.4) is 0 Å². The fraction of sp³-hybridized carbons (Fsp3) is 0.259. The average Bonchev–Trinajstić information content (AvgIpc) is 3.41. The molecule has 3 aromatic rings. The third-order valence-corrected chi connectivity index (χ3v) is 6.99. The molecule has 3 aromatic carbocycles. The minimum atomic E-state index is -0.539. The van der Waals surface area contributed by atoms with Crippen LogP contribution < -0.4 is 10.7 Å². The highest BCUT2D eigenvalue weighted by Crippen LogP contribution is 2.34. The number of carbonyl (C=O) groups is 1. The second kappa shape index (κ2) is 9.79. The molecule has 0 aromatic heterocycles. The third-order valence-electron chi connectivity index (χ3n) is 6.46. The van der Waals surface area contributed by atoms with Gasteiger partial charge in [-0.05, 0) is 73.0 Å². The number of nitrogens with zero attached hydrogens (tertiary/aromatic N) is 3. The van der Waals surface area contributed by atoms with E-state index in [1.54, 1.807) is 19.1 Å². The smallest absolute Gasteiger partial charge is 0.253 e. The SMILES string of the molecule is C[C@H]1O[C@H](C2CN(c3ccc(Br)cc3)N=C2c2ccc(F)cc2)N(CCc2ccc(N)cc2)C1=O. The largest absolute Gasteiger partial charge is 0.399 e. The minimum absolute atomic E-state index is 0.0361. The first-order valence-corrected chi connectivity index (χ1v) is 12.4. The summed E-state index contributed by atoms with van der Waals surface area (Å²) in [6.45, 7) is 2.84. The molecule has 6 nitrogen and oxygen atoms in total. The monoisotopic (exact) mass is 536 g/mol. The number of hydrazone groups is 1. The van der Waals surface area contributed by atoms with Crippen LogP contribution in [0.1, 0.15) is 18.1 Å². The number of benzene rings is 3. The van der Waals surface area contributed by atoms with Crippen molar-refractivity contribution in [2.45, 2.75) is 25.7 Å². The van der Waals surface area contributed by atoms with Crippen LogP contribution in [0.25, 0.3) is 0 Å². The normalized spacial score (nSPS) is 22.1. The van der Waals surface area contributed by atoms with E-state index in [2.05, 4.69) is 15.9 Å². The van der Waals surface area contributed by atoms with Crippen molar-refractivity contribution in [2.75, 3.05) is 23.8 Å². The number of amides is 1. The van der Waals surface area contributed by atoms with E-state index in [-0.39, 0.29) is 17.6 Å². The zero-order valence-corrected chi connectivity index (χ0v) is 20.9. The number of anilines is 2. The summed E-state index contributed by atoms with van der Waals surface area (Å²) in [5.41, 5.74) is 10.1. The van der Waals surface area contributed by atoms with Crippen molar-refractivity contribution in [3.8, 4) is 0 Å². The molecule has 0 spiro atoms. The quantitative estimate of drug-likeness (QED) is 0.458. The maximum atomic E-state index is 13.7. The zero-order valence-electron chi connectivity index (χ0n) is 19.3. The van der Waals surface area contributed by atoms with E-state index in [4.69, 9.17) is 15.6 Å². The van der Waals surface area contributed by atoms with E-state index in [0.29, 0.717) is 25.2 Å². The Kier molecular flexibility index (Phi) is 6.58. The van der Waals surface area contributed by atoms with Crippen molar-refractivity contribution in [3.05, 3.63) is 94.2 Å². The molecule has 1 unspecified atom stereocenters. The summed E-state index contributed by atoms with van der Waals surface area (Å²) in [6.07, 6.45) is -0.330. The highest BCUT2D eigenvalue weighted by molar-refractivity contribution is 9.10. The molecule has 8 heteroatoms. The number of hydrogen-bond donors (Lipinski definition) is 1. The molecular formula is C27H26BrFN4O2. The highest BCUT2D eigenvalue weighted by Gasteiger charge is 2.46. The molecule has 3 atom stereocenters. The van der Waals surface area contributed by atoms with E-state index in [1.165, 1.54) is 12.1 Å². The summed E-state index contributed by atoms with van der Waals surface area (Å²) in [6, 6.07) is 21.9. The lowest BCUT2D eigenvalue weighted by Gasteiger charge is -2.29. The van der Waals surface area contributed by atoms with E-state index < -0.39 is 12.3 Å². The fourth-order valence-electron chi connectivity index (χ4n) is 4.59. The lowest BCUT2D eigenvalue weighted by molar-refractivity contribution is -0.130. The number of ether oxygens (including phenoxy) is 1. The molecule has 1 fully saturated rings.